The van der Waals surface area contributed by atoms with Gasteiger partial charge in [-0.1, -0.05) is 0 Å². The minimum Gasteiger partial charge on any atom is -0.390 e. The second kappa shape index (κ2) is 3.86. The van der Waals surface area contributed by atoms with Crippen molar-refractivity contribution in [1.29, 1.82) is 0 Å². The first kappa shape index (κ1) is 10.8. The second-order valence-electron chi connectivity index (χ2n) is 3.49. The van der Waals surface area contributed by atoms with E-state index in [1.807, 2.05) is 0 Å². The zero-order chi connectivity index (χ0) is 10.1. The Morgan fingerprint density at radius 3 is 2.54 bits per heavy atom. The highest BCUT2D eigenvalue weighted by atomic mass is 19.3. The smallest absolute Gasteiger partial charge is 0.251 e. The van der Waals surface area contributed by atoms with E-state index in [1.54, 1.807) is 0 Å². The molecule has 2 N–H and O–H groups in total. The molecular weight excluding hydrogens is 180 g/mol. The average Bonchev–Trinajstić information content (AvgIpc) is 2.02. The normalized spacial score (nSPS) is 36.2. The summed E-state index contributed by atoms with van der Waals surface area (Å²) in [5.41, 5.74) is 0. The van der Waals surface area contributed by atoms with Crippen LogP contribution in [-0.4, -0.2) is 43.4 Å². The number of hydrogen-bond acceptors (Lipinski definition) is 3. The van der Waals surface area contributed by atoms with E-state index in [2.05, 4.69) is 5.32 Å². The summed E-state index contributed by atoms with van der Waals surface area (Å²) in [7, 11) is 1.41. The van der Waals surface area contributed by atoms with Crippen molar-refractivity contribution in [3.05, 3.63) is 0 Å². The molecule has 3 nitrogen and oxygen atoms in total. The van der Waals surface area contributed by atoms with Crippen molar-refractivity contribution < 1.29 is 18.6 Å². The Hall–Kier alpha value is -0.260. The summed E-state index contributed by atoms with van der Waals surface area (Å²) in [6, 6.07) is 0. The van der Waals surface area contributed by atoms with E-state index in [9.17, 15) is 13.9 Å². The van der Waals surface area contributed by atoms with Gasteiger partial charge in [0.2, 0.25) is 0 Å². The molecule has 78 valence electrons. The maximum absolute atomic E-state index is 12.9. The van der Waals surface area contributed by atoms with Gasteiger partial charge in [0, 0.05) is 20.2 Å². The molecule has 5 heteroatoms. The average molecular weight is 195 g/mol. The van der Waals surface area contributed by atoms with Crippen LogP contribution in [0, 0.1) is 5.92 Å². The standard InChI is InChI=1S/C8H15F2NO2/c1-8(9,10)5-3-11-4-6(13-2)7(5)12/h5-7,11-12H,3-4H2,1-2H3/t5-,6+,7+/m0/s1. The second-order valence-corrected chi connectivity index (χ2v) is 3.49. The van der Waals surface area contributed by atoms with Gasteiger partial charge in [0.15, 0.2) is 0 Å². The van der Waals surface area contributed by atoms with Gasteiger partial charge >= 0.3 is 0 Å². The van der Waals surface area contributed by atoms with Gasteiger partial charge in [0.25, 0.3) is 5.92 Å². The molecule has 0 aromatic rings. The van der Waals surface area contributed by atoms with Crippen LogP contribution in [0.2, 0.25) is 0 Å². The summed E-state index contributed by atoms with van der Waals surface area (Å²) in [6.07, 6.45) is -1.63. The Bertz CT molecular complexity index is 172. The van der Waals surface area contributed by atoms with E-state index in [0.29, 0.717) is 6.54 Å². The number of nitrogens with one attached hydrogen (secondary N) is 1. The SMILES string of the molecule is CO[C@@H]1CNC[C@H](C(C)(F)F)[C@H]1O. The fourth-order valence-electron chi connectivity index (χ4n) is 1.58. The summed E-state index contributed by atoms with van der Waals surface area (Å²) in [5.74, 6) is -3.94. The largest absolute Gasteiger partial charge is 0.390 e. The minimum absolute atomic E-state index is 0.129. The molecule has 1 fully saturated rings. The third kappa shape index (κ3) is 2.36. The first-order valence-electron chi connectivity index (χ1n) is 4.26. The first-order valence-corrected chi connectivity index (χ1v) is 4.26. The molecule has 0 aromatic heterocycles. The predicted molar refractivity (Wildman–Crippen MR) is 43.8 cm³/mol. The molecule has 0 aliphatic carbocycles. The molecule has 0 radical (unpaired) electrons. The van der Waals surface area contributed by atoms with E-state index in [0.717, 1.165) is 6.92 Å². The topological polar surface area (TPSA) is 41.5 Å². The van der Waals surface area contributed by atoms with Crippen molar-refractivity contribution in [2.75, 3.05) is 20.2 Å². The van der Waals surface area contributed by atoms with Crippen LogP contribution >= 0.6 is 0 Å². The lowest BCUT2D eigenvalue weighted by molar-refractivity contribution is -0.140. The molecule has 0 amide bonds. The molecule has 1 heterocycles. The number of methoxy groups -OCH3 is 1. The molecule has 0 aromatic carbocycles. The van der Waals surface area contributed by atoms with Gasteiger partial charge in [-0.25, -0.2) is 8.78 Å². The third-order valence-electron chi connectivity index (χ3n) is 2.46. The molecule has 0 spiro atoms. The van der Waals surface area contributed by atoms with Crippen LogP contribution in [0.5, 0.6) is 0 Å². The third-order valence-corrected chi connectivity index (χ3v) is 2.46. The Kier molecular flexibility index (Phi) is 3.21. The zero-order valence-corrected chi connectivity index (χ0v) is 7.76. The summed E-state index contributed by atoms with van der Waals surface area (Å²) in [6.45, 7) is 1.37. The molecule has 3 atom stereocenters. The molecule has 1 aliphatic rings. The Morgan fingerprint density at radius 2 is 2.08 bits per heavy atom. The van der Waals surface area contributed by atoms with Gasteiger partial charge in [-0.15, -0.1) is 0 Å². The van der Waals surface area contributed by atoms with Crippen LogP contribution in [0.3, 0.4) is 0 Å². The maximum Gasteiger partial charge on any atom is 0.251 e. The number of halogens is 2. The number of ether oxygens (including phenoxy) is 1. The van der Waals surface area contributed by atoms with E-state index >= 15 is 0 Å². The zero-order valence-electron chi connectivity index (χ0n) is 7.76. The van der Waals surface area contributed by atoms with Crippen molar-refractivity contribution in [2.45, 2.75) is 25.1 Å². The van der Waals surface area contributed by atoms with Gasteiger partial charge in [-0.3, -0.25) is 0 Å². The van der Waals surface area contributed by atoms with Crippen LogP contribution in [0.15, 0.2) is 0 Å². The number of aliphatic hydroxyl groups is 1. The lowest BCUT2D eigenvalue weighted by Gasteiger charge is -2.37. The number of aliphatic hydroxyl groups excluding tert-OH is 1. The van der Waals surface area contributed by atoms with E-state index in [1.165, 1.54) is 7.11 Å². The highest BCUT2D eigenvalue weighted by Gasteiger charge is 2.44. The van der Waals surface area contributed by atoms with Gasteiger partial charge < -0.3 is 15.2 Å². The maximum atomic E-state index is 12.9. The molecule has 0 saturated carbocycles. The Labute approximate surface area is 76.1 Å². The van der Waals surface area contributed by atoms with Crippen molar-refractivity contribution >= 4 is 0 Å². The van der Waals surface area contributed by atoms with Gasteiger partial charge in [-0.05, 0) is 6.92 Å². The van der Waals surface area contributed by atoms with Crippen LogP contribution < -0.4 is 5.32 Å². The van der Waals surface area contributed by atoms with E-state index < -0.39 is 24.0 Å². The molecule has 1 aliphatic heterocycles. The molecule has 13 heavy (non-hydrogen) atoms. The minimum atomic E-state index is -2.87. The van der Waals surface area contributed by atoms with Crippen LogP contribution in [0.4, 0.5) is 8.78 Å². The quantitative estimate of drug-likeness (QED) is 0.663. The predicted octanol–water partition coefficient (Wildman–Crippen LogP) is 0.237. The monoisotopic (exact) mass is 195 g/mol. The summed E-state index contributed by atoms with van der Waals surface area (Å²) in [4.78, 5) is 0. The fourth-order valence-corrected chi connectivity index (χ4v) is 1.58. The van der Waals surface area contributed by atoms with Gasteiger partial charge in [-0.2, -0.15) is 0 Å². The number of rotatable bonds is 2. The number of hydrogen-bond donors (Lipinski definition) is 2. The Morgan fingerprint density at radius 1 is 1.46 bits per heavy atom. The van der Waals surface area contributed by atoms with E-state index in [-0.39, 0.29) is 6.54 Å². The highest BCUT2D eigenvalue weighted by Crippen LogP contribution is 2.29. The van der Waals surface area contributed by atoms with Crippen LogP contribution in [-0.2, 0) is 4.74 Å². The van der Waals surface area contributed by atoms with Crippen molar-refractivity contribution in [1.82, 2.24) is 5.32 Å². The summed E-state index contributed by atoms with van der Waals surface area (Å²) < 4.78 is 30.7. The summed E-state index contributed by atoms with van der Waals surface area (Å²) in [5, 5.41) is 12.3. The summed E-state index contributed by atoms with van der Waals surface area (Å²) >= 11 is 0. The lowest BCUT2D eigenvalue weighted by atomic mass is 9.89. The van der Waals surface area contributed by atoms with Crippen molar-refractivity contribution in [3.8, 4) is 0 Å². The van der Waals surface area contributed by atoms with Crippen LogP contribution in [0.25, 0.3) is 0 Å². The molecule has 0 unspecified atom stereocenters. The van der Waals surface area contributed by atoms with Crippen LogP contribution in [0.1, 0.15) is 6.92 Å². The molecular formula is C8H15F2NO2. The van der Waals surface area contributed by atoms with Gasteiger partial charge in [0.05, 0.1) is 18.1 Å². The van der Waals surface area contributed by atoms with Crippen molar-refractivity contribution in [3.63, 3.8) is 0 Å². The van der Waals surface area contributed by atoms with Crippen molar-refractivity contribution in [2.24, 2.45) is 5.92 Å². The first-order chi connectivity index (χ1) is 5.96. The number of alkyl halides is 2. The highest BCUT2D eigenvalue weighted by molar-refractivity contribution is 4.91. The molecule has 0 bridgehead atoms. The van der Waals surface area contributed by atoms with Gasteiger partial charge in [0.1, 0.15) is 0 Å². The Balaban J connectivity index is 2.65. The number of piperidine rings is 1. The fraction of sp³-hybridized carbons (Fsp3) is 1.00. The lowest BCUT2D eigenvalue weighted by Crippen LogP contribution is -2.56. The van der Waals surface area contributed by atoms with E-state index in [4.69, 9.17) is 4.74 Å². The molecule has 1 rings (SSSR count). The molecule has 1 saturated heterocycles.